The number of furan rings is 1. The minimum Gasteiger partial charge on any atom is -0.507 e. The lowest BCUT2D eigenvalue weighted by atomic mass is 9.96. The van der Waals surface area contributed by atoms with Crippen LogP contribution in [0.3, 0.4) is 0 Å². The van der Waals surface area contributed by atoms with Crippen molar-refractivity contribution in [2.75, 3.05) is 0 Å². The van der Waals surface area contributed by atoms with Gasteiger partial charge in [-0.05, 0) is 56.4 Å². The van der Waals surface area contributed by atoms with Crippen LogP contribution in [-0.2, 0) is 6.42 Å². The lowest BCUT2D eigenvalue weighted by Crippen LogP contribution is -1.89. The highest BCUT2D eigenvalue weighted by molar-refractivity contribution is 9.10. The van der Waals surface area contributed by atoms with Gasteiger partial charge in [-0.15, -0.1) is 0 Å². The molecule has 0 fully saturated rings. The largest absolute Gasteiger partial charge is 0.507 e. The van der Waals surface area contributed by atoms with Crippen LogP contribution in [-0.4, -0.2) is 5.11 Å². The number of hydrogen-bond acceptors (Lipinski definition) is 2. The predicted molar refractivity (Wildman–Crippen MR) is 126 cm³/mol. The molecule has 30 heavy (non-hydrogen) atoms. The molecule has 4 aromatic carbocycles. The van der Waals surface area contributed by atoms with Crippen LogP contribution in [0, 0.1) is 0 Å². The fourth-order valence-electron chi connectivity index (χ4n) is 3.83. The van der Waals surface area contributed by atoms with Gasteiger partial charge in [0.15, 0.2) is 0 Å². The average Bonchev–Trinajstić information content (AvgIpc) is 3.14. The van der Waals surface area contributed by atoms with E-state index in [0.717, 1.165) is 45.4 Å². The minimum absolute atomic E-state index is 0.241. The van der Waals surface area contributed by atoms with Gasteiger partial charge in [-0.1, -0.05) is 78.9 Å². The van der Waals surface area contributed by atoms with Gasteiger partial charge in [0, 0.05) is 17.4 Å². The fourth-order valence-corrected chi connectivity index (χ4v) is 4.21. The van der Waals surface area contributed by atoms with Crippen molar-refractivity contribution in [2.45, 2.75) is 6.42 Å². The van der Waals surface area contributed by atoms with E-state index < -0.39 is 0 Å². The number of halogens is 1. The summed E-state index contributed by atoms with van der Waals surface area (Å²) in [6.45, 7) is 0. The number of benzene rings is 4. The zero-order valence-electron chi connectivity index (χ0n) is 16.2. The second kappa shape index (κ2) is 7.85. The molecule has 0 spiro atoms. The highest BCUT2D eigenvalue weighted by Crippen LogP contribution is 2.37. The zero-order valence-corrected chi connectivity index (χ0v) is 17.8. The highest BCUT2D eigenvalue weighted by Gasteiger charge is 2.16. The van der Waals surface area contributed by atoms with Crippen LogP contribution in [0.2, 0.25) is 0 Å². The molecule has 5 aromatic rings. The molecule has 0 saturated heterocycles. The van der Waals surface area contributed by atoms with Crippen LogP contribution in [0.4, 0.5) is 0 Å². The van der Waals surface area contributed by atoms with Crippen molar-refractivity contribution in [3.8, 4) is 28.0 Å². The Morgan fingerprint density at radius 1 is 0.700 bits per heavy atom. The van der Waals surface area contributed by atoms with Crippen molar-refractivity contribution in [1.29, 1.82) is 0 Å². The summed E-state index contributed by atoms with van der Waals surface area (Å²) in [5.41, 5.74) is 6.55. The summed E-state index contributed by atoms with van der Waals surface area (Å²) >= 11 is 3.40. The standard InChI is InChI=1S/C27H19BrO2/c28-23-17-21(14-15-24(23)29)19-10-12-20(13-11-19)27-22-8-4-5-9-25(22)30-26(27)16-18-6-2-1-3-7-18/h1-15,17,29H,16H2. The molecule has 1 N–H and O–H groups in total. The van der Waals surface area contributed by atoms with E-state index in [1.54, 1.807) is 6.07 Å². The molecule has 0 amide bonds. The van der Waals surface area contributed by atoms with Crippen molar-refractivity contribution in [3.05, 3.63) is 113 Å². The smallest absolute Gasteiger partial charge is 0.134 e. The summed E-state index contributed by atoms with van der Waals surface area (Å²) in [4.78, 5) is 0. The van der Waals surface area contributed by atoms with E-state index in [1.807, 2.05) is 30.3 Å². The van der Waals surface area contributed by atoms with Gasteiger partial charge in [0.2, 0.25) is 0 Å². The summed E-state index contributed by atoms with van der Waals surface area (Å²) < 4.78 is 6.96. The predicted octanol–water partition coefficient (Wildman–Crippen LogP) is 7.83. The Hall–Kier alpha value is -3.30. The molecule has 0 aliphatic carbocycles. The van der Waals surface area contributed by atoms with Crippen LogP contribution in [0.5, 0.6) is 5.75 Å². The SMILES string of the molecule is Oc1ccc(-c2ccc(-c3c(Cc4ccccc4)oc4ccccc34)cc2)cc1Br. The van der Waals surface area contributed by atoms with Crippen LogP contribution in [0.1, 0.15) is 11.3 Å². The number of para-hydroxylation sites is 1. The number of phenols is 1. The molecular weight excluding hydrogens is 436 g/mol. The third-order valence-corrected chi connectivity index (χ3v) is 5.97. The number of aromatic hydroxyl groups is 1. The van der Waals surface area contributed by atoms with E-state index in [9.17, 15) is 5.11 Å². The molecule has 3 heteroatoms. The Bertz CT molecular complexity index is 1320. The lowest BCUT2D eigenvalue weighted by Gasteiger charge is -2.07. The van der Waals surface area contributed by atoms with Crippen LogP contribution < -0.4 is 0 Å². The molecule has 0 atom stereocenters. The minimum atomic E-state index is 0.241. The topological polar surface area (TPSA) is 33.4 Å². The maximum absolute atomic E-state index is 9.75. The van der Waals surface area contributed by atoms with Crippen LogP contribution in [0.15, 0.2) is 106 Å². The first kappa shape index (κ1) is 18.7. The molecule has 0 bridgehead atoms. The summed E-state index contributed by atoms with van der Waals surface area (Å²) in [5, 5.41) is 10.9. The molecule has 0 aliphatic heterocycles. The van der Waals surface area contributed by atoms with Crippen molar-refractivity contribution >= 4 is 26.9 Å². The van der Waals surface area contributed by atoms with Crippen molar-refractivity contribution < 1.29 is 9.52 Å². The Morgan fingerprint density at radius 3 is 2.13 bits per heavy atom. The van der Waals surface area contributed by atoms with E-state index in [4.69, 9.17) is 4.42 Å². The summed E-state index contributed by atoms with van der Waals surface area (Å²) in [6, 6.07) is 32.7. The monoisotopic (exact) mass is 454 g/mol. The summed E-state index contributed by atoms with van der Waals surface area (Å²) in [7, 11) is 0. The van der Waals surface area contributed by atoms with Crippen LogP contribution in [0.25, 0.3) is 33.2 Å². The first-order chi connectivity index (χ1) is 14.7. The lowest BCUT2D eigenvalue weighted by molar-refractivity contribution is 0.472. The molecule has 1 aromatic heterocycles. The van der Waals surface area contributed by atoms with Gasteiger partial charge < -0.3 is 9.52 Å². The van der Waals surface area contributed by atoms with E-state index in [0.29, 0.717) is 4.47 Å². The maximum atomic E-state index is 9.75. The van der Waals surface area contributed by atoms with Gasteiger partial charge >= 0.3 is 0 Å². The van der Waals surface area contributed by atoms with Gasteiger partial charge in [0.1, 0.15) is 17.1 Å². The first-order valence-corrected chi connectivity index (χ1v) is 10.6. The third kappa shape index (κ3) is 3.53. The Morgan fingerprint density at radius 2 is 1.37 bits per heavy atom. The normalized spacial score (nSPS) is 11.1. The van der Waals surface area contributed by atoms with Gasteiger partial charge in [0.25, 0.3) is 0 Å². The molecule has 0 aliphatic rings. The van der Waals surface area contributed by atoms with Crippen molar-refractivity contribution in [3.63, 3.8) is 0 Å². The Balaban J connectivity index is 1.58. The van der Waals surface area contributed by atoms with Crippen molar-refractivity contribution in [1.82, 2.24) is 0 Å². The van der Waals surface area contributed by atoms with Gasteiger partial charge in [0.05, 0.1) is 4.47 Å². The van der Waals surface area contributed by atoms with E-state index in [1.165, 1.54) is 5.56 Å². The molecular formula is C27H19BrO2. The number of fused-ring (bicyclic) bond motifs is 1. The molecule has 2 nitrogen and oxygen atoms in total. The zero-order chi connectivity index (χ0) is 20.5. The second-order valence-electron chi connectivity index (χ2n) is 7.30. The first-order valence-electron chi connectivity index (χ1n) is 9.83. The van der Waals surface area contributed by atoms with Gasteiger partial charge in [-0.2, -0.15) is 0 Å². The van der Waals surface area contributed by atoms with Crippen LogP contribution >= 0.6 is 15.9 Å². The summed E-state index contributed by atoms with van der Waals surface area (Å²) in [5.74, 6) is 1.22. The third-order valence-electron chi connectivity index (χ3n) is 5.33. The van der Waals surface area contributed by atoms with Gasteiger partial charge in [-0.3, -0.25) is 0 Å². The Kier molecular flexibility index (Phi) is 4.89. The van der Waals surface area contributed by atoms with E-state index in [-0.39, 0.29) is 5.75 Å². The van der Waals surface area contributed by atoms with Gasteiger partial charge in [-0.25, -0.2) is 0 Å². The molecule has 5 rings (SSSR count). The van der Waals surface area contributed by atoms with E-state index in [2.05, 4.69) is 76.6 Å². The number of hydrogen-bond donors (Lipinski definition) is 1. The molecule has 1 heterocycles. The highest BCUT2D eigenvalue weighted by atomic mass is 79.9. The number of rotatable bonds is 4. The van der Waals surface area contributed by atoms with Crippen molar-refractivity contribution in [2.24, 2.45) is 0 Å². The quantitative estimate of drug-likeness (QED) is 0.300. The molecule has 0 radical (unpaired) electrons. The van der Waals surface area contributed by atoms with E-state index >= 15 is 0 Å². The molecule has 0 unspecified atom stereocenters. The number of phenolic OH excluding ortho intramolecular Hbond substituents is 1. The molecule has 0 saturated carbocycles. The summed E-state index contributed by atoms with van der Waals surface area (Å²) in [6.07, 6.45) is 0.748. The fraction of sp³-hybridized carbons (Fsp3) is 0.0370. The molecule has 146 valence electrons. The average molecular weight is 455 g/mol. The Labute approximate surface area is 183 Å². The maximum Gasteiger partial charge on any atom is 0.134 e. The second-order valence-corrected chi connectivity index (χ2v) is 8.16.